The van der Waals surface area contributed by atoms with Crippen molar-refractivity contribution in [2.24, 2.45) is 0 Å². The summed E-state index contributed by atoms with van der Waals surface area (Å²) in [5, 5.41) is 0.896. The fourth-order valence-electron chi connectivity index (χ4n) is 3.59. The Morgan fingerprint density at radius 2 is 1.77 bits per heavy atom. The van der Waals surface area contributed by atoms with Gasteiger partial charge in [-0.25, -0.2) is 9.69 Å². The Bertz CT molecular complexity index is 1160. The number of carbonyl (C=O) groups excluding carboxylic acids is 2. The summed E-state index contributed by atoms with van der Waals surface area (Å²) < 4.78 is 37.6. The number of benzene rings is 2. The number of hydrogen-bond donors (Lipinski definition) is 0. The number of alkyl halides is 3. The second kappa shape index (κ2) is 7.88. The Morgan fingerprint density at radius 3 is 2.45 bits per heavy atom. The van der Waals surface area contributed by atoms with Crippen molar-refractivity contribution in [1.29, 1.82) is 0 Å². The summed E-state index contributed by atoms with van der Waals surface area (Å²) >= 11 is -0.246. The Balaban J connectivity index is 1.60. The van der Waals surface area contributed by atoms with Crippen molar-refractivity contribution in [3.05, 3.63) is 65.9 Å². The molecule has 1 fully saturated rings. The van der Waals surface area contributed by atoms with Gasteiger partial charge in [-0.3, -0.25) is 9.78 Å². The number of anilines is 1. The lowest BCUT2D eigenvalue weighted by Crippen LogP contribution is -2.33. The molecule has 160 valence electrons. The minimum absolute atomic E-state index is 0.0150. The lowest BCUT2D eigenvalue weighted by atomic mass is 10.1. The van der Waals surface area contributed by atoms with E-state index in [0.29, 0.717) is 0 Å². The number of aryl methyl sites for hydroxylation is 1. The van der Waals surface area contributed by atoms with Crippen LogP contribution in [0.5, 0.6) is 0 Å². The normalized spacial score (nSPS) is 17.1. The van der Waals surface area contributed by atoms with Crippen molar-refractivity contribution < 1.29 is 22.8 Å². The highest BCUT2D eigenvalue weighted by Crippen LogP contribution is 2.38. The SMILES string of the molecule is Cc1ccc2c(CN3C(=O)N(c4ccc(SC(F)(F)F)cc4)C(=O)C3C)ccnc2c1. The third-order valence-electron chi connectivity index (χ3n) is 5.14. The Labute approximate surface area is 180 Å². The smallest absolute Gasteiger partial charge is 0.308 e. The second-order valence-electron chi connectivity index (χ2n) is 7.29. The number of pyridine rings is 1. The Kier molecular flexibility index (Phi) is 5.38. The maximum atomic E-state index is 13.1. The number of fused-ring (bicyclic) bond motifs is 1. The summed E-state index contributed by atoms with van der Waals surface area (Å²) in [6.07, 6.45) is 1.67. The summed E-state index contributed by atoms with van der Waals surface area (Å²) in [6, 6.07) is 11.7. The predicted octanol–water partition coefficient (Wildman–Crippen LogP) is 5.51. The highest BCUT2D eigenvalue weighted by Gasteiger charge is 2.43. The minimum atomic E-state index is -4.40. The van der Waals surface area contributed by atoms with Crippen LogP contribution in [0.3, 0.4) is 0 Å². The number of aromatic nitrogens is 1. The third-order valence-corrected chi connectivity index (χ3v) is 5.88. The molecular formula is C22H18F3N3O2S. The van der Waals surface area contributed by atoms with Crippen LogP contribution >= 0.6 is 11.8 Å². The molecule has 0 N–H and O–H groups in total. The molecule has 2 aromatic carbocycles. The van der Waals surface area contributed by atoms with Crippen LogP contribution in [0.25, 0.3) is 10.9 Å². The van der Waals surface area contributed by atoms with Crippen molar-refractivity contribution in [2.45, 2.75) is 36.8 Å². The van der Waals surface area contributed by atoms with Crippen LogP contribution in [0.4, 0.5) is 23.7 Å². The van der Waals surface area contributed by atoms with Gasteiger partial charge in [-0.2, -0.15) is 13.2 Å². The van der Waals surface area contributed by atoms with Crippen LogP contribution < -0.4 is 4.90 Å². The summed E-state index contributed by atoms with van der Waals surface area (Å²) in [5.41, 5.74) is -1.44. The van der Waals surface area contributed by atoms with E-state index in [1.54, 1.807) is 13.1 Å². The number of halogens is 3. The number of amides is 3. The van der Waals surface area contributed by atoms with Gasteiger partial charge in [-0.05, 0) is 73.1 Å². The molecule has 1 aromatic heterocycles. The number of thioether (sulfide) groups is 1. The maximum absolute atomic E-state index is 13.1. The summed E-state index contributed by atoms with van der Waals surface area (Å²) in [6.45, 7) is 3.82. The van der Waals surface area contributed by atoms with Crippen molar-refractivity contribution >= 4 is 40.3 Å². The summed E-state index contributed by atoms with van der Waals surface area (Å²) in [5.74, 6) is -0.421. The molecule has 3 amide bonds. The number of urea groups is 1. The van der Waals surface area contributed by atoms with E-state index in [-0.39, 0.29) is 28.9 Å². The molecule has 0 saturated carbocycles. The average molecular weight is 445 g/mol. The summed E-state index contributed by atoms with van der Waals surface area (Å²) in [7, 11) is 0. The summed E-state index contributed by atoms with van der Waals surface area (Å²) in [4.78, 5) is 32.7. The fourth-order valence-corrected chi connectivity index (χ4v) is 4.13. The molecule has 1 aliphatic rings. The fraction of sp³-hybridized carbons (Fsp3) is 0.227. The minimum Gasteiger partial charge on any atom is -0.308 e. The lowest BCUT2D eigenvalue weighted by molar-refractivity contribution is -0.119. The van der Waals surface area contributed by atoms with Gasteiger partial charge in [-0.1, -0.05) is 12.1 Å². The topological polar surface area (TPSA) is 53.5 Å². The van der Waals surface area contributed by atoms with Gasteiger partial charge in [0.15, 0.2) is 0 Å². The first-order chi connectivity index (χ1) is 14.6. The van der Waals surface area contributed by atoms with Gasteiger partial charge in [0, 0.05) is 23.0 Å². The van der Waals surface area contributed by atoms with E-state index in [9.17, 15) is 22.8 Å². The van der Waals surface area contributed by atoms with E-state index in [0.717, 1.165) is 26.9 Å². The Morgan fingerprint density at radius 1 is 1.06 bits per heavy atom. The standard InChI is InChI=1S/C22H18F3N3O2S/c1-13-3-8-18-15(9-10-26-19(18)11-13)12-27-14(2)20(29)28(21(27)30)16-4-6-17(7-5-16)31-22(23,24)25/h3-11,14H,12H2,1-2H3. The maximum Gasteiger partial charge on any atom is 0.446 e. The largest absolute Gasteiger partial charge is 0.446 e. The van der Waals surface area contributed by atoms with Gasteiger partial charge in [0.2, 0.25) is 0 Å². The molecule has 0 aliphatic carbocycles. The number of imide groups is 1. The van der Waals surface area contributed by atoms with Crippen LogP contribution in [0, 0.1) is 6.92 Å². The van der Waals surface area contributed by atoms with Crippen molar-refractivity contribution in [3.8, 4) is 0 Å². The van der Waals surface area contributed by atoms with Crippen LogP contribution in [0.2, 0.25) is 0 Å². The van der Waals surface area contributed by atoms with Crippen LogP contribution in [-0.2, 0) is 11.3 Å². The zero-order valence-electron chi connectivity index (χ0n) is 16.7. The zero-order chi connectivity index (χ0) is 22.3. The van der Waals surface area contributed by atoms with Gasteiger partial charge in [0.25, 0.3) is 5.91 Å². The lowest BCUT2D eigenvalue weighted by Gasteiger charge is -2.20. The molecule has 1 saturated heterocycles. The average Bonchev–Trinajstić information content (AvgIpc) is 2.91. The van der Waals surface area contributed by atoms with Crippen LogP contribution in [0.15, 0.2) is 59.6 Å². The molecular weight excluding hydrogens is 427 g/mol. The second-order valence-corrected chi connectivity index (χ2v) is 8.43. The van der Waals surface area contributed by atoms with Gasteiger partial charge >= 0.3 is 11.5 Å². The highest BCUT2D eigenvalue weighted by molar-refractivity contribution is 8.00. The van der Waals surface area contributed by atoms with Gasteiger partial charge in [0.1, 0.15) is 6.04 Å². The molecule has 1 unspecified atom stereocenters. The molecule has 5 nitrogen and oxygen atoms in total. The zero-order valence-corrected chi connectivity index (χ0v) is 17.5. The van der Waals surface area contributed by atoms with Crippen molar-refractivity contribution in [1.82, 2.24) is 9.88 Å². The monoisotopic (exact) mass is 445 g/mol. The van der Waals surface area contributed by atoms with Crippen LogP contribution in [-0.4, -0.2) is 33.4 Å². The molecule has 2 heterocycles. The molecule has 1 aliphatic heterocycles. The highest BCUT2D eigenvalue weighted by atomic mass is 32.2. The quantitative estimate of drug-likeness (QED) is 0.392. The van der Waals surface area contributed by atoms with Crippen LogP contribution in [0.1, 0.15) is 18.1 Å². The molecule has 1 atom stereocenters. The van der Waals surface area contributed by atoms with E-state index in [1.807, 2.05) is 31.2 Å². The van der Waals surface area contributed by atoms with Crippen molar-refractivity contribution in [3.63, 3.8) is 0 Å². The molecule has 3 aromatic rings. The van der Waals surface area contributed by atoms with E-state index in [1.165, 1.54) is 29.2 Å². The number of nitrogens with zero attached hydrogens (tertiary/aromatic N) is 3. The van der Waals surface area contributed by atoms with Crippen molar-refractivity contribution in [2.75, 3.05) is 4.90 Å². The number of hydrogen-bond acceptors (Lipinski definition) is 4. The van der Waals surface area contributed by atoms with Gasteiger partial charge in [-0.15, -0.1) is 0 Å². The molecule has 0 spiro atoms. The van der Waals surface area contributed by atoms with E-state index < -0.39 is 23.5 Å². The molecule has 4 rings (SSSR count). The van der Waals surface area contributed by atoms with Gasteiger partial charge < -0.3 is 4.90 Å². The molecule has 0 radical (unpaired) electrons. The first-order valence-corrected chi connectivity index (χ1v) is 10.3. The van der Waals surface area contributed by atoms with Gasteiger partial charge in [0.05, 0.1) is 11.2 Å². The van der Waals surface area contributed by atoms with E-state index in [2.05, 4.69) is 4.98 Å². The predicted molar refractivity (Wildman–Crippen MR) is 113 cm³/mol. The third kappa shape index (κ3) is 4.23. The molecule has 31 heavy (non-hydrogen) atoms. The molecule has 0 bridgehead atoms. The number of carbonyl (C=O) groups is 2. The van der Waals surface area contributed by atoms with E-state index >= 15 is 0 Å². The molecule has 9 heteroatoms. The van der Waals surface area contributed by atoms with E-state index in [4.69, 9.17) is 0 Å². The Hall–Kier alpha value is -3.07. The number of rotatable bonds is 4. The first kappa shape index (κ1) is 21.2. The first-order valence-electron chi connectivity index (χ1n) is 9.49.